The van der Waals surface area contributed by atoms with E-state index in [-0.39, 0.29) is 0 Å². The number of fused-ring (bicyclic) bond motifs is 1. The number of hydrogen-bond acceptors (Lipinski definition) is 2. The van der Waals surface area contributed by atoms with Crippen LogP contribution in [0.1, 0.15) is 50.2 Å². The zero-order valence-corrected chi connectivity index (χ0v) is 11.8. The summed E-state index contributed by atoms with van der Waals surface area (Å²) < 4.78 is 2.20. The second kappa shape index (κ2) is 4.20. The van der Waals surface area contributed by atoms with Crippen molar-refractivity contribution in [3.63, 3.8) is 0 Å². The Bertz CT molecular complexity index is 762. The molecule has 1 N–H and O–H groups in total. The number of rotatable bonds is 3. The third kappa shape index (κ3) is 1.83. The van der Waals surface area contributed by atoms with Crippen LogP contribution in [-0.2, 0) is 0 Å². The summed E-state index contributed by atoms with van der Waals surface area (Å²) in [5.74, 6) is 3.30. The van der Waals surface area contributed by atoms with Gasteiger partial charge in [-0.3, -0.25) is 0 Å². The highest BCUT2D eigenvalue weighted by Gasteiger charge is 2.28. The van der Waals surface area contributed by atoms with E-state index < -0.39 is 0 Å². The molecule has 1 aliphatic carbocycles. The Morgan fingerprint density at radius 3 is 2.90 bits per heavy atom. The summed E-state index contributed by atoms with van der Waals surface area (Å²) in [7, 11) is 0. The van der Waals surface area contributed by atoms with Crippen molar-refractivity contribution < 1.29 is 0 Å². The fraction of sp³-hybridized carbons (Fsp3) is 0.375. The number of nitrogens with zero attached hydrogens (tertiary/aromatic N) is 3. The lowest BCUT2D eigenvalue weighted by Crippen LogP contribution is -1.98. The Kier molecular flexibility index (Phi) is 2.46. The average Bonchev–Trinajstić information content (AvgIpc) is 3.02. The molecule has 2 heterocycles. The highest BCUT2D eigenvalue weighted by molar-refractivity contribution is 5.77. The molecule has 102 valence electrons. The van der Waals surface area contributed by atoms with Gasteiger partial charge < -0.3 is 9.55 Å². The Balaban J connectivity index is 1.81. The number of benzene rings is 1. The van der Waals surface area contributed by atoms with Crippen molar-refractivity contribution in [1.29, 1.82) is 0 Å². The van der Waals surface area contributed by atoms with Gasteiger partial charge in [0, 0.05) is 29.9 Å². The lowest BCUT2D eigenvalue weighted by Gasteiger charge is -2.06. The molecule has 20 heavy (non-hydrogen) atoms. The van der Waals surface area contributed by atoms with E-state index in [1.807, 2.05) is 6.20 Å². The van der Waals surface area contributed by atoms with Crippen molar-refractivity contribution in [3.05, 3.63) is 42.2 Å². The van der Waals surface area contributed by atoms with E-state index in [0.717, 1.165) is 22.5 Å². The van der Waals surface area contributed by atoms with Gasteiger partial charge in [-0.05, 0) is 31.0 Å². The van der Waals surface area contributed by atoms with Gasteiger partial charge in [0.05, 0.1) is 11.0 Å². The van der Waals surface area contributed by atoms with E-state index in [1.165, 1.54) is 18.7 Å². The molecule has 0 radical (unpaired) electrons. The van der Waals surface area contributed by atoms with Crippen molar-refractivity contribution in [2.24, 2.45) is 0 Å². The number of aromatic nitrogens is 4. The highest BCUT2D eigenvalue weighted by atomic mass is 15.1. The van der Waals surface area contributed by atoms with E-state index in [9.17, 15) is 0 Å². The molecule has 0 saturated heterocycles. The Hall–Kier alpha value is -2.10. The summed E-state index contributed by atoms with van der Waals surface area (Å²) in [6.45, 7) is 4.30. The van der Waals surface area contributed by atoms with Gasteiger partial charge in [0.2, 0.25) is 0 Å². The molecule has 0 bridgehead atoms. The van der Waals surface area contributed by atoms with Crippen LogP contribution in [0.25, 0.3) is 16.7 Å². The maximum absolute atomic E-state index is 4.62. The zero-order valence-electron chi connectivity index (χ0n) is 11.8. The summed E-state index contributed by atoms with van der Waals surface area (Å²) in [5, 5.41) is 0. The van der Waals surface area contributed by atoms with Crippen LogP contribution in [0.5, 0.6) is 0 Å². The fourth-order valence-corrected chi connectivity index (χ4v) is 2.62. The maximum atomic E-state index is 4.62. The van der Waals surface area contributed by atoms with E-state index in [2.05, 4.69) is 57.8 Å². The molecule has 0 unspecified atom stereocenters. The number of aromatic amines is 1. The first kappa shape index (κ1) is 11.7. The third-order valence-electron chi connectivity index (χ3n) is 3.92. The molecule has 1 aliphatic rings. The molecule has 0 atom stereocenters. The molecule has 1 saturated carbocycles. The molecule has 1 fully saturated rings. The summed E-state index contributed by atoms with van der Waals surface area (Å²) in [5.41, 5.74) is 3.29. The predicted molar refractivity (Wildman–Crippen MR) is 79.3 cm³/mol. The van der Waals surface area contributed by atoms with Gasteiger partial charge in [0.1, 0.15) is 11.6 Å². The summed E-state index contributed by atoms with van der Waals surface area (Å²) >= 11 is 0. The zero-order chi connectivity index (χ0) is 13.7. The number of nitrogens with one attached hydrogen (secondary N) is 1. The predicted octanol–water partition coefficient (Wildman–Crippen LogP) is 3.75. The van der Waals surface area contributed by atoms with Crippen molar-refractivity contribution in [1.82, 2.24) is 19.5 Å². The van der Waals surface area contributed by atoms with Crippen LogP contribution in [0.3, 0.4) is 0 Å². The number of hydrogen-bond donors (Lipinski definition) is 1. The number of H-pyrrole nitrogens is 1. The van der Waals surface area contributed by atoms with Gasteiger partial charge in [-0.25, -0.2) is 9.97 Å². The van der Waals surface area contributed by atoms with Crippen molar-refractivity contribution in [2.45, 2.75) is 38.5 Å². The van der Waals surface area contributed by atoms with Crippen molar-refractivity contribution in [2.75, 3.05) is 0 Å². The van der Waals surface area contributed by atoms with Crippen LogP contribution in [0.2, 0.25) is 0 Å². The standard InChI is InChI=1S/C16H18N4/c1-10(2)15-18-13-6-5-12(9-14(13)19-15)20-8-7-17-16(20)11-3-4-11/h5-11H,3-4H2,1-2H3,(H,18,19). The minimum absolute atomic E-state index is 0.418. The monoisotopic (exact) mass is 266 g/mol. The minimum atomic E-state index is 0.418. The first-order chi connectivity index (χ1) is 9.72. The summed E-state index contributed by atoms with van der Waals surface area (Å²) in [4.78, 5) is 12.5. The van der Waals surface area contributed by atoms with E-state index in [4.69, 9.17) is 0 Å². The normalized spacial score (nSPS) is 15.3. The highest BCUT2D eigenvalue weighted by Crippen LogP contribution is 2.39. The SMILES string of the molecule is CC(C)c1nc2ccc(-n3ccnc3C3CC3)cc2[nH]1. The molecule has 3 aromatic rings. The van der Waals surface area contributed by atoms with Crippen LogP contribution in [0, 0.1) is 0 Å². The molecule has 1 aromatic carbocycles. The second-order valence-corrected chi connectivity index (χ2v) is 5.91. The molecule has 4 nitrogen and oxygen atoms in total. The minimum Gasteiger partial charge on any atom is -0.342 e. The lowest BCUT2D eigenvalue weighted by atomic mass is 10.2. The molecule has 4 rings (SSSR count). The fourth-order valence-electron chi connectivity index (χ4n) is 2.62. The van der Waals surface area contributed by atoms with Gasteiger partial charge in [0.25, 0.3) is 0 Å². The van der Waals surface area contributed by atoms with E-state index in [1.54, 1.807) is 0 Å². The molecule has 0 aliphatic heterocycles. The van der Waals surface area contributed by atoms with Crippen molar-refractivity contribution in [3.8, 4) is 5.69 Å². The van der Waals surface area contributed by atoms with Gasteiger partial charge >= 0.3 is 0 Å². The first-order valence-corrected chi connectivity index (χ1v) is 7.25. The third-order valence-corrected chi connectivity index (χ3v) is 3.92. The molecule has 4 heteroatoms. The molecular formula is C16H18N4. The van der Waals surface area contributed by atoms with Gasteiger partial charge in [0.15, 0.2) is 0 Å². The van der Waals surface area contributed by atoms with Gasteiger partial charge in [-0.15, -0.1) is 0 Å². The summed E-state index contributed by atoms with van der Waals surface area (Å²) in [6.07, 6.45) is 6.47. The van der Waals surface area contributed by atoms with Gasteiger partial charge in [-0.2, -0.15) is 0 Å². The quantitative estimate of drug-likeness (QED) is 0.784. The number of imidazole rings is 2. The largest absolute Gasteiger partial charge is 0.342 e. The lowest BCUT2D eigenvalue weighted by molar-refractivity contribution is 0.799. The van der Waals surface area contributed by atoms with Gasteiger partial charge in [-0.1, -0.05) is 13.8 Å². The van der Waals surface area contributed by atoms with Crippen LogP contribution in [0.4, 0.5) is 0 Å². The molecule has 0 spiro atoms. The topological polar surface area (TPSA) is 46.5 Å². The molecule has 2 aromatic heterocycles. The van der Waals surface area contributed by atoms with E-state index >= 15 is 0 Å². The second-order valence-electron chi connectivity index (χ2n) is 5.91. The summed E-state index contributed by atoms with van der Waals surface area (Å²) in [6, 6.07) is 6.38. The first-order valence-electron chi connectivity index (χ1n) is 7.25. The molecular weight excluding hydrogens is 248 g/mol. The van der Waals surface area contributed by atoms with Crippen LogP contribution < -0.4 is 0 Å². The average molecular weight is 266 g/mol. The molecule has 0 amide bonds. The van der Waals surface area contributed by atoms with Crippen LogP contribution in [0.15, 0.2) is 30.6 Å². The Morgan fingerprint density at radius 2 is 2.15 bits per heavy atom. The van der Waals surface area contributed by atoms with Crippen LogP contribution in [-0.4, -0.2) is 19.5 Å². The van der Waals surface area contributed by atoms with Crippen molar-refractivity contribution >= 4 is 11.0 Å². The smallest absolute Gasteiger partial charge is 0.116 e. The maximum Gasteiger partial charge on any atom is 0.116 e. The Morgan fingerprint density at radius 1 is 1.30 bits per heavy atom. The van der Waals surface area contributed by atoms with Crippen LogP contribution >= 0.6 is 0 Å². The Labute approximate surface area is 117 Å². The van der Waals surface area contributed by atoms with E-state index in [0.29, 0.717) is 11.8 Å².